The van der Waals surface area contributed by atoms with Gasteiger partial charge in [-0.3, -0.25) is 19.7 Å². The number of carbonyl (C=O) groups is 2. The maximum Gasteiger partial charge on any atom is 0.258 e. The van der Waals surface area contributed by atoms with E-state index in [1.807, 2.05) is 6.92 Å². The van der Waals surface area contributed by atoms with Crippen LogP contribution in [0.25, 0.3) is 0 Å². The third-order valence-electron chi connectivity index (χ3n) is 3.70. The second-order valence-electron chi connectivity index (χ2n) is 5.68. The lowest BCUT2D eigenvalue weighted by molar-refractivity contribution is -0.115. The van der Waals surface area contributed by atoms with Gasteiger partial charge in [0.1, 0.15) is 0 Å². The predicted molar refractivity (Wildman–Crippen MR) is 106 cm³/mol. The maximum absolute atomic E-state index is 12.2. The summed E-state index contributed by atoms with van der Waals surface area (Å²) in [4.78, 5) is 42.0. The van der Waals surface area contributed by atoms with Gasteiger partial charge in [-0.25, -0.2) is 4.98 Å². The molecular formula is C18H15ClN4O3S. The number of carbonyl (C=O) groups excluding carboxylic acids is 2. The van der Waals surface area contributed by atoms with Crippen LogP contribution < -0.4 is 16.2 Å². The van der Waals surface area contributed by atoms with E-state index in [1.165, 1.54) is 29.7 Å². The van der Waals surface area contributed by atoms with E-state index in [1.54, 1.807) is 23.6 Å². The quantitative estimate of drug-likeness (QED) is 0.609. The van der Waals surface area contributed by atoms with Gasteiger partial charge in [-0.2, -0.15) is 0 Å². The van der Waals surface area contributed by atoms with E-state index in [0.717, 1.165) is 5.56 Å². The van der Waals surface area contributed by atoms with Gasteiger partial charge in [0.05, 0.1) is 17.7 Å². The lowest BCUT2D eigenvalue weighted by atomic mass is 10.2. The number of aromatic amines is 1. The van der Waals surface area contributed by atoms with E-state index in [-0.39, 0.29) is 17.9 Å². The molecule has 7 nitrogen and oxygen atoms in total. The Morgan fingerprint density at radius 1 is 1.22 bits per heavy atom. The minimum Gasteiger partial charge on any atom is -0.328 e. The third kappa shape index (κ3) is 4.81. The standard InChI is InChI=1S/C18H15ClN4O3S/c1-10-13(19)3-2-4-14(10)22-16(25)7-12-9-27-18(21-12)23-17(26)11-5-6-15(24)20-8-11/h2-6,8-9H,7H2,1H3,(H,20,24)(H,22,25)(H,21,23,26). The number of H-pyrrole nitrogens is 1. The molecule has 0 aliphatic heterocycles. The molecule has 0 radical (unpaired) electrons. The summed E-state index contributed by atoms with van der Waals surface area (Å²) in [7, 11) is 0. The topological polar surface area (TPSA) is 104 Å². The van der Waals surface area contributed by atoms with Crippen molar-refractivity contribution in [2.24, 2.45) is 0 Å². The number of aromatic nitrogens is 2. The van der Waals surface area contributed by atoms with Crippen LogP contribution in [-0.4, -0.2) is 21.8 Å². The van der Waals surface area contributed by atoms with Gasteiger partial charge in [0.25, 0.3) is 5.91 Å². The zero-order chi connectivity index (χ0) is 19.4. The first kappa shape index (κ1) is 18.8. The predicted octanol–water partition coefficient (Wildman–Crippen LogP) is 3.23. The molecule has 0 aliphatic rings. The SMILES string of the molecule is Cc1c(Cl)cccc1NC(=O)Cc1csc(NC(=O)c2ccc(=O)[nH]c2)n1. The zero-order valence-electron chi connectivity index (χ0n) is 14.2. The van der Waals surface area contributed by atoms with Crippen molar-refractivity contribution >= 4 is 45.6 Å². The average Bonchev–Trinajstić information content (AvgIpc) is 3.06. The molecule has 0 atom stereocenters. The van der Waals surface area contributed by atoms with Crippen LogP contribution in [0.5, 0.6) is 0 Å². The second-order valence-corrected chi connectivity index (χ2v) is 6.94. The first-order valence-electron chi connectivity index (χ1n) is 7.92. The third-order valence-corrected chi connectivity index (χ3v) is 4.92. The van der Waals surface area contributed by atoms with Crippen molar-refractivity contribution in [3.05, 3.63) is 74.1 Å². The summed E-state index contributed by atoms with van der Waals surface area (Å²) in [6, 6.07) is 7.98. The Bertz CT molecular complexity index is 1040. The molecule has 3 rings (SSSR count). The Morgan fingerprint density at radius 3 is 2.78 bits per heavy atom. The number of nitrogens with one attached hydrogen (secondary N) is 3. The summed E-state index contributed by atoms with van der Waals surface area (Å²) in [5.41, 5.74) is 1.99. The first-order chi connectivity index (χ1) is 12.9. The number of hydrogen-bond acceptors (Lipinski definition) is 5. The Balaban J connectivity index is 1.61. The van der Waals surface area contributed by atoms with Crippen LogP contribution in [0.2, 0.25) is 5.02 Å². The van der Waals surface area contributed by atoms with E-state index in [0.29, 0.717) is 27.1 Å². The number of hydrogen-bond donors (Lipinski definition) is 3. The van der Waals surface area contributed by atoms with Gasteiger partial charge in [0.15, 0.2) is 5.13 Å². The normalized spacial score (nSPS) is 10.4. The first-order valence-corrected chi connectivity index (χ1v) is 9.17. The van der Waals surface area contributed by atoms with Crippen LogP contribution in [0, 0.1) is 6.92 Å². The zero-order valence-corrected chi connectivity index (χ0v) is 15.8. The van der Waals surface area contributed by atoms with Crippen LogP contribution in [0.15, 0.2) is 46.7 Å². The van der Waals surface area contributed by atoms with E-state index >= 15 is 0 Å². The fourth-order valence-corrected chi connectivity index (χ4v) is 3.15. The number of benzene rings is 1. The molecule has 27 heavy (non-hydrogen) atoms. The van der Waals surface area contributed by atoms with Crippen molar-refractivity contribution in [3.63, 3.8) is 0 Å². The van der Waals surface area contributed by atoms with Crippen LogP contribution >= 0.6 is 22.9 Å². The molecule has 3 aromatic rings. The van der Waals surface area contributed by atoms with Crippen LogP contribution in [0.4, 0.5) is 10.8 Å². The highest BCUT2D eigenvalue weighted by Gasteiger charge is 2.12. The molecule has 0 fully saturated rings. The monoisotopic (exact) mass is 402 g/mol. The number of nitrogens with zero attached hydrogens (tertiary/aromatic N) is 1. The van der Waals surface area contributed by atoms with Gasteiger partial charge in [-0.1, -0.05) is 17.7 Å². The molecule has 0 saturated carbocycles. The number of halogens is 1. The molecular weight excluding hydrogens is 388 g/mol. The van der Waals surface area contributed by atoms with Crippen molar-refractivity contribution in [1.29, 1.82) is 0 Å². The van der Waals surface area contributed by atoms with Crippen LogP contribution in [-0.2, 0) is 11.2 Å². The van der Waals surface area contributed by atoms with Crippen molar-refractivity contribution < 1.29 is 9.59 Å². The molecule has 2 heterocycles. The smallest absolute Gasteiger partial charge is 0.258 e. The second kappa shape index (κ2) is 8.15. The molecule has 138 valence electrons. The van der Waals surface area contributed by atoms with Gasteiger partial charge in [-0.05, 0) is 30.7 Å². The largest absolute Gasteiger partial charge is 0.328 e. The van der Waals surface area contributed by atoms with Gasteiger partial charge in [0, 0.05) is 28.4 Å². The minimum absolute atomic E-state index is 0.0664. The number of rotatable bonds is 5. The Morgan fingerprint density at radius 2 is 2.04 bits per heavy atom. The summed E-state index contributed by atoms with van der Waals surface area (Å²) in [6.45, 7) is 1.82. The van der Waals surface area contributed by atoms with Gasteiger partial charge < -0.3 is 10.3 Å². The summed E-state index contributed by atoms with van der Waals surface area (Å²) in [5.74, 6) is -0.629. The van der Waals surface area contributed by atoms with E-state index in [4.69, 9.17) is 11.6 Å². The van der Waals surface area contributed by atoms with Gasteiger partial charge in [-0.15, -0.1) is 11.3 Å². The number of anilines is 2. The summed E-state index contributed by atoms with van der Waals surface area (Å²) < 4.78 is 0. The molecule has 0 aliphatic carbocycles. The molecule has 2 aromatic heterocycles. The fraction of sp³-hybridized carbons (Fsp3) is 0.111. The molecule has 2 amide bonds. The number of amides is 2. The molecule has 0 bridgehead atoms. The molecule has 0 unspecified atom stereocenters. The van der Waals surface area contributed by atoms with Gasteiger partial charge in [0.2, 0.25) is 11.5 Å². The van der Waals surface area contributed by atoms with Crippen molar-refractivity contribution in [3.8, 4) is 0 Å². The Hall–Kier alpha value is -2.97. The van der Waals surface area contributed by atoms with Crippen molar-refractivity contribution in [2.75, 3.05) is 10.6 Å². The van der Waals surface area contributed by atoms with Crippen LogP contribution in [0.3, 0.4) is 0 Å². The highest BCUT2D eigenvalue weighted by Crippen LogP contribution is 2.23. The molecule has 3 N–H and O–H groups in total. The summed E-state index contributed by atoms with van der Waals surface area (Å²) in [6.07, 6.45) is 1.39. The fourth-order valence-electron chi connectivity index (χ4n) is 2.27. The minimum atomic E-state index is -0.397. The number of thiazole rings is 1. The summed E-state index contributed by atoms with van der Waals surface area (Å²) in [5, 5.41) is 8.08. The maximum atomic E-state index is 12.2. The van der Waals surface area contributed by atoms with Crippen LogP contribution in [0.1, 0.15) is 21.6 Å². The molecule has 0 spiro atoms. The summed E-state index contributed by atoms with van der Waals surface area (Å²) >= 11 is 7.26. The number of pyridine rings is 1. The Kier molecular flexibility index (Phi) is 5.68. The van der Waals surface area contributed by atoms with E-state index in [9.17, 15) is 14.4 Å². The highest BCUT2D eigenvalue weighted by molar-refractivity contribution is 7.14. The molecule has 9 heteroatoms. The van der Waals surface area contributed by atoms with E-state index in [2.05, 4.69) is 20.6 Å². The highest BCUT2D eigenvalue weighted by atomic mass is 35.5. The average molecular weight is 403 g/mol. The molecule has 1 aromatic carbocycles. The molecule has 0 saturated heterocycles. The lowest BCUT2D eigenvalue weighted by Crippen LogP contribution is -2.16. The van der Waals surface area contributed by atoms with E-state index < -0.39 is 5.91 Å². The Labute approximate surface area is 163 Å². The van der Waals surface area contributed by atoms with Gasteiger partial charge >= 0.3 is 0 Å². The van der Waals surface area contributed by atoms with Crippen molar-refractivity contribution in [1.82, 2.24) is 9.97 Å². The van der Waals surface area contributed by atoms with Crippen molar-refractivity contribution in [2.45, 2.75) is 13.3 Å². The lowest BCUT2D eigenvalue weighted by Gasteiger charge is -2.08.